The van der Waals surface area contributed by atoms with Gasteiger partial charge in [-0.2, -0.15) is 0 Å². The topological polar surface area (TPSA) is 24.1 Å². The number of anilines is 5. The first-order chi connectivity index (χ1) is 41.8. The number of hydrogen-bond acceptors (Lipinski definition) is 2. The maximum atomic E-state index is 10.6. The van der Waals surface area contributed by atoms with Crippen molar-refractivity contribution in [3.05, 3.63) is 247 Å². The Kier molecular flexibility index (Phi) is 6.44. The smallest absolute Gasteiger partial charge is 0.0653 e. The molecule has 15 rings (SSSR count). The predicted molar refractivity (Wildman–Crippen MR) is 311 cm³/mol. The number of nitrogens with zero attached hydrogens (tertiary/aromatic N) is 3. The van der Waals surface area contributed by atoms with Gasteiger partial charge in [0.05, 0.1) is 58.0 Å². The number of fused-ring (bicyclic) bond motifs is 12. The standard InChI is InChI=1S/C69H48N4/c1-42-27-30-48(45-17-7-4-8-18-45)37-58(42)70-57-35-33-51-55-40-65-56(41-64(55)72-59-25-15-13-23-53(59)66(57)68(51)72)52-34-36-61(67-54-24-14-16-26-60(54)73(65)69(52)67)71(62-38-49(31-28-43(62)2)46-19-9-5-10-20-46)63-39-50(32-29-44(63)3)47-21-11-6-12-22-47/h4-41,70H,1-3H3/i13D,14D,15D,16D,23D,24D,25D,26D,33D,34D,35D,36D,40D,41D. The third-order valence-corrected chi connectivity index (χ3v) is 14.6. The summed E-state index contributed by atoms with van der Waals surface area (Å²) in [6, 6.07) is 41.0. The lowest BCUT2D eigenvalue weighted by molar-refractivity contribution is 1.24. The van der Waals surface area contributed by atoms with Crippen molar-refractivity contribution in [2.45, 2.75) is 20.8 Å². The summed E-state index contributed by atoms with van der Waals surface area (Å²) in [7, 11) is 0. The van der Waals surface area contributed by atoms with Crippen LogP contribution >= 0.6 is 0 Å². The lowest BCUT2D eigenvalue weighted by Crippen LogP contribution is -2.13. The molecule has 0 saturated carbocycles. The van der Waals surface area contributed by atoms with E-state index in [4.69, 9.17) is 2.74 Å². The second kappa shape index (κ2) is 15.8. The van der Waals surface area contributed by atoms with Crippen LogP contribution in [0, 0.1) is 20.8 Å². The van der Waals surface area contributed by atoms with Gasteiger partial charge in [0.15, 0.2) is 0 Å². The van der Waals surface area contributed by atoms with E-state index >= 15 is 0 Å². The van der Waals surface area contributed by atoms with Crippen molar-refractivity contribution in [1.29, 1.82) is 0 Å². The highest BCUT2D eigenvalue weighted by Crippen LogP contribution is 2.51. The summed E-state index contributed by atoms with van der Waals surface area (Å²) in [5.74, 6) is 0. The number of benzene rings is 11. The third-order valence-electron chi connectivity index (χ3n) is 14.6. The zero-order chi connectivity index (χ0) is 60.7. The molecule has 4 aromatic heterocycles. The van der Waals surface area contributed by atoms with Gasteiger partial charge in [-0.25, -0.2) is 0 Å². The lowest BCUT2D eigenvalue weighted by atomic mass is 9.97. The van der Waals surface area contributed by atoms with Crippen LogP contribution in [0.5, 0.6) is 0 Å². The summed E-state index contributed by atoms with van der Waals surface area (Å²) in [6.07, 6.45) is 0. The van der Waals surface area contributed by atoms with Crippen molar-refractivity contribution >= 4 is 105 Å². The van der Waals surface area contributed by atoms with Crippen molar-refractivity contribution in [2.75, 3.05) is 10.2 Å². The van der Waals surface area contributed by atoms with Crippen LogP contribution in [-0.2, 0) is 0 Å². The Balaban J connectivity index is 1.13. The monoisotopic (exact) mass is 946 g/mol. The van der Waals surface area contributed by atoms with Gasteiger partial charge >= 0.3 is 0 Å². The Morgan fingerprint density at radius 1 is 0.356 bits per heavy atom. The number of rotatable bonds is 8. The van der Waals surface area contributed by atoms with Gasteiger partial charge in [-0.15, -0.1) is 0 Å². The average Bonchev–Trinajstić information content (AvgIpc) is 1.50. The zero-order valence-electron chi connectivity index (χ0n) is 53.7. The Morgan fingerprint density at radius 3 is 1.34 bits per heavy atom. The predicted octanol–water partition coefficient (Wildman–Crippen LogP) is 19.1. The van der Waals surface area contributed by atoms with Crippen LogP contribution in [0.15, 0.2) is 230 Å². The summed E-state index contributed by atoms with van der Waals surface area (Å²) in [5, 5.41) is 3.75. The van der Waals surface area contributed by atoms with Gasteiger partial charge in [-0.1, -0.05) is 176 Å². The minimum atomic E-state index is -0.577. The molecule has 0 atom stereocenters. The molecule has 0 aliphatic rings. The van der Waals surface area contributed by atoms with Crippen LogP contribution in [-0.4, -0.2) is 8.80 Å². The van der Waals surface area contributed by atoms with Crippen LogP contribution in [0.1, 0.15) is 35.9 Å². The summed E-state index contributed by atoms with van der Waals surface area (Å²) in [4.78, 5) is 1.90. The van der Waals surface area contributed by atoms with E-state index in [1.807, 2.05) is 171 Å². The summed E-state index contributed by atoms with van der Waals surface area (Å²) in [5.41, 5.74) is 9.65. The Morgan fingerprint density at radius 2 is 0.808 bits per heavy atom. The highest BCUT2D eigenvalue weighted by atomic mass is 15.2. The third kappa shape index (κ3) is 6.14. The molecule has 4 heterocycles. The molecule has 11 aromatic carbocycles. The van der Waals surface area contributed by atoms with E-state index in [-0.39, 0.29) is 124 Å². The van der Waals surface area contributed by atoms with Crippen molar-refractivity contribution in [3.63, 3.8) is 0 Å². The molecule has 0 bridgehead atoms. The molecule has 0 saturated heterocycles. The van der Waals surface area contributed by atoms with Crippen LogP contribution < -0.4 is 10.2 Å². The molecule has 0 radical (unpaired) electrons. The van der Waals surface area contributed by atoms with Crippen LogP contribution in [0.25, 0.3) is 110 Å². The molecule has 0 aliphatic heterocycles. The first-order valence-corrected chi connectivity index (χ1v) is 24.2. The van der Waals surface area contributed by atoms with Gasteiger partial charge in [-0.3, -0.25) is 0 Å². The SMILES string of the molecule is [2H]c1c([2H])c([2H])c2c(c1[2H])c1c(Nc3cc(-c4ccccc4)ccc3C)c([2H])c([2H])c3c4c([2H])c5c(c([2H])c4n2c31)c1c([2H])c([2H])c(N(c2cc(-c3ccccc3)ccc2C)c2cc(-c3ccccc3)ccc2C)c2c3c([2H])c([2H])c([2H])c([2H])c3n5c12. The van der Waals surface area contributed by atoms with E-state index in [0.717, 1.165) is 50.1 Å². The van der Waals surface area contributed by atoms with Gasteiger partial charge in [0.1, 0.15) is 0 Å². The molecule has 15 aromatic rings. The summed E-state index contributed by atoms with van der Waals surface area (Å²) in [6.45, 7) is 5.77. The first kappa shape index (κ1) is 29.7. The molecule has 0 fully saturated rings. The van der Waals surface area contributed by atoms with Crippen molar-refractivity contribution < 1.29 is 19.2 Å². The Bertz CT molecular complexity index is 5420. The molecule has 73 heavy (non-hydrogen) atoms. The molecular formula is C69H48N4. The molecule has 4 nitrogen and oxygen atoms in total. The zero-order valence-corrected chi connectivity index (χ0v) is 39.7. The van der Waals surface area contributed by atoms with E-state index in [1.54, 1.807) is 0 Å². The second-order valence-electron chi connectivity index (χ2n) is 18.8. The second-order valence-corrected chi connectivity index (χ2v) is 18.8. The molecule has 1 N–H and O–H groups in total. The summed E-state index contributed by atoms with van der Waals surface area (Å²) < 4.78 is 140. The minimum Gasteiger partial charge on any atom is -0.355 e. The van der Waals surface area contributed by atoms with Gasteiger partial charge in [0, 0.05) is 65.8 Å². The van der Waals surface area contributed by atoms with Crippen molar-refractivity contribution in [1.82, 2.24) is 8.80 Å². The molecule has 0 amide bonds. The number of aromatic nitrogens is 2. The van der Waals surface area contributed by atoms with Crippen molar-refractivity contribution in [3.8, 4) is 33.4 Å². The van der Waals surface area contributed by atoms with Gasteiger partial charge in [0.2, 0.25) is 0 Å². The van der Waals surface area contributed by atoms with Gasteiger partial charge < -0.3 is 19.0 Å². The fourth-order valence-corrected chi connectivity index (χ4v) is 11.1. The first-order valence-electron chi connectivity index (χ1n) is 31.2. The van der Waals surface area contributed by atoms with Crippen LogP contribution in [0.2, 0.25) is 0 Å². The lowest BCUT2D eigenvalue weighted by Gasteiger charge is -2.30. The van der Waals surface area contributed by atoms with E-state index in [0.29, 0.717) is 17.1 Å². The maximum absolute atomic E-state index is 10.6. The Hall–Kier alpha value is -9.38. The average molecular weight is 947 g/mol. The minimum absolute atomic E-state index is 0.00143. The fraction of sp³-hybridized carbons (Fsp3) is 0.0435. The van der Waals surface area contributed by atoms with Crippen molar-refractivity contribution in [2.24, 2.45) is 0 Å². The van der Waals surface area contributed by atoms with E-state index < -0.39 is 48.3 Å². The largest absolute Gasteiger partial charge is 0.355 e. The van der Waals surface area contributed by atoms with E-state index in [1.165, 1.54) is 8.80 Å². The highest BCUT2D eigenvalue weighted by molar-refractivity contribution is 6.32. The number of hydrogen-bond donors (Lipinski definition) is 1. The number of para-hydroxylation sites is 2. The normalized spacial score (nSPS) is 14.7. The van der Waals surface area contributed by atoms with E-state index in [2.05, 4.69) is 5.32 Å². The maximum Gasteiger partial charge on any atom is 0.0653 e. The van der Waals surface area contributed by atoms with Crippen LogP contribution in [0.3, 0.4) is 0 Å². The molecular weight excluding hydrogens is 885 g/mol. The number of aryl methyl sites for hydroxylation is 3. The van der Waals surface area contributed by atoms with Gasteiger partial charge in [0.25, 0.3) is 0 Å². The number of nitrogens with one attached hydrogen (secondary N) is 1. The molecule has 4 heteroatoms. The molecule has 344 valence electrons. The van der Waals surface area contributed by atoms with E-state index in [9.17, 15) is 16.4 Å². The quantitative estimate of drug-likeness (QED) is 0.164. The fourth-order valence-electron chi connectivity index (χ4n) is 11.1. The summed E-state index contributed by atoms with van der Waals surface area (Å²) >= 11 is 0. The highest BCUT2D eigenvalue weighted by Gasteiger charge is 2.28. The molecule has 0 aliphatic carbocycles. The Labute approximate surface area is 442 Å². The van der Waals surface area contributed by atoms with Crippen LogP contribution in [0.4, 0.5) is 28.4 Å². The molecule has 0 unspecified atom stereocenters. The molecule has 0 spiro atoms. The van der Waals surface area contributed by atoms with Gasteiger partial charge in [-0.05, 0) is 125 Å².